The van der Waals surface area contributed by atoms with Gasteiger partial charge in [0.1, 0.15) is 0 Å². The molecule has 2 nitrogen and oxygen atoms in total. The second-order valence-electron chi connectivity index (χ2n) is 3.50. The Bertz CT molecular complexity index is 485. The SMILES string of the molecule is FC(F)(F)N(Oc1ccccc1)c1ccccc1. The Balaban J connectivity index is 2.28. The summed E-state index contributed by atoms with van der Waals surface area (Å²) >= 11 is 0. The third kappa shape index (κ3) is 2.94. The van der Waals surface area contributed by atoms with Gasteiger partial charge in [-0.05, 0) is 24.3 Å². The summed E-state index contributed by atoms with van der Waals surface area (Å²) in [5.41, 5.74) is -0.0751. The van der Waals surface area contributed by atoms with Gasteiger partial charge in [-0.15, -0.1) is 18.2 Å². The number of anilines is 1. The first-order chi connectivity index (χ1) is 8.57. The zero-order chi connectivity index (χ0) is 13.0. The fourth-order valence-electron chi connectivity index (χ4n) is 1.40. The van der Waals surface area contributed by atoms with Crippen molar-refractivity contribution in [1.29, 1.82) is 0 Å². The molecule has 2 rings (SSSR count). The summed E-state index contributed by atoms with van der Waals surface area (Å²) < 4.78 is 38.7. The minimum absolute atomic E-state index is 0.0671. The Morgan fingerprint density at radius 2 is 1.28 bits per heavy atom. The van der Waals surface area contributed by atoms with Crippen molar-refractivity contribution >= 4 is 5.69 Å². The number of hydroxylamine groups is 1. The lowest BCUT2D eigenvalue weighted by Gasteiger charge is -2.25. The van der Waals surface area contributed by atoms with E-state index in [-0.39, 0.29) is 16.5 Å². The molecule has 0 bridgehead atoms. The topological polar surface area (TPSA) is 12.5 Å². The van der Waals surface area contributed by atoms with Gasteiger partial charge in [0.25, 0.3) is 0 Å². The number of para-hydroxylation sites is 2. The van der Waals surface area contributed by atoms with Crippen molar-refractivity contribution in [2.45, 2.75) is 6.30 Å². The molecule has 0 atom stereocenters. The molecule has 18 heavy (non-hydrogen) atoms. The standard InChI is InChI=1S/C13H10F3NO/c14-13(15,16)17(11-7-3-1-4-8-11)18-12-9-5-2-6-10-12/h1-10H. The monoisotopic (exact) mass is 253 g/mol. The van der Waals surface area contributed by atoms with Gasteiger partial charge in [0, 0.05) is 0 Å². The van der Waals surface area contributed by atoms with Crippen LogP contribution in [0.3, 0.4) is 0 Å². The van der Waals surface area contributed by atoms with E-state index >= 15 is 0 Å². The van der Waals surface area contributed by atoms with E-state index in [4.69, 9.17) is 4.84 Å². The molecule has 0 N–H and O–H groups in total. The van der Waals surface area contributed by atoms with Gasteiger partial charge < -0.3 is 4.84 Å². The fraction of sp³-hybridized carbons (Fsp3) is 0.0769. The van der Waals surface area contributed by atoms with Crippen LogP contribution < -0.4 is 9.90 Å². The Labute approximate surface area is 102 Å². The Kier molecular flexibility index (Phi) is 3.41. The molecular weight excluding hydrogens is 243 g/mol. The number of rotatable bonds is 3. The minimum Gasteiger partial charge on any atom is -0.372 e. The highest BCUT2D eigenvalue weighted by atomic mass is 19.4. The normalized spacial score (nSPS) is 11.1. The molecular formula is C13H10F3NO. The van der Waals surface area contributed by atoms with Crippen LogP contribution in [0.5, 0.6) is 5.75 Å². The van der Waals surface area contributed by atoms with E-state index in [2.05, 4.69) is 0 Å². The average Bonchev–Trinajstić information content (AvgIpc) is 2.37. The summed E-state index contributed by atoms with van der Waals surface area (Å²) in [5, 5.41) is -0.0671. The van der Waals surface area contributed by atoms with E-state index < -0.39 is 6.30 Å². The van der Waals surface area contributed by atoms with Gasteiger partial charge in [-0.3, -0.25) is 0 Å². The molecule has 2 aromatic carbocycles. The van der Waals surface area contributed by atoms with Crippen LogP contribution >= 0.6 is 0 Å². The van der Waals surface area contributed by atoms with E-state index in [1.54, 1.807) is 24.3 Å². The number of nitrogens with zero attached hydrogens (tertiary/aromatic N) is 1. The molecule has 0 aliphatic rings. The molecule has 0 aromatic heterocycles. The zero-order valence-electron chi connectivity index (χ0n) is 9.26. The number of benzene rings is 2. The number of hydrogen-bond donors (Lipinski definition) is 0. The van der Waals surface area contributed by atoms with Crippen molar-refractivity contribution in [3.63, 3.8) is 0 Å². The first-order valence-corrected chi connectivity index (χ1v) is 5.22. The Morgan fingerprint density at radius 3 is 1.78 bits per heavy atom. The molecule has 0 amide bonds. The van der Waals surface area contributed by atoms with Crippen LogP contribution in [0.25, 0.3) is 0 Å². The second kappa shape index (κ2) is 5.00. The van der Waals surface area contributed by atoms with Crippen LogP contribution in [-0.2, 0) is 0 Å². The van der Waals surface area contributed by atoms with Crippen LogP contribution in [0.4, 0.5) is 18.9 Å². The number of hydrogen-bond acceptors (Lipinski definition) is 2. The van der Waals surface area contributed by atoms with E-state index in [9.17, 15) is 13.2 Å². The summed E-state index contributed by atoms with van der Waals surface area (Å²) in [6, 6.07) is 15.2. The van der Waals surface area contributed by atoms with Gasteiger partial charge in [0.05, 0.1) is 5.69 Å². The fourth-order valence-corrected chi connectivity index (χ4v) is 1.40. The maximum Gasteiger partial charge on any atom is 0.517 e. The van der Waals surface area contributed by atoms with Crippen LogP contribution in [-0.4, -0.2) is 6.30 Å². The van der Waals surface area contributed by atoms with Gasteiger partial charge in [-0.2, -0.15) is 0 Å². The molecule has 0 fully saturated rings. The molecule has 0 saturated carbocycles. The summed E-state index contributed by atoms with van der Waals surface area (Å²) in [6.45, 7) is 0. The highest BCUT2D eigenvalue weighted by Crippen LogP contribution is 2.29. The van der Waals surface area contributed by atoms with Gasteiger partial charge in [-0.25, -0.2) is 0 Å². The maximum atomic E-state index is 12.9. The average molecular weight is 253 g/mol. The van der Waals surface area contributed by atoms with E-state index in [0.29, 0.717) is 0 Å². The third-order valence-electron chi connectivity index (χ3n) is 2.16. The summed E-state index contributed by atoms with van der Waals surface area (Å²) in [6.07, 6.45) is -4.61. The molecule has 0 heterocycles. The van der Waals surface area contributed by atoms with Crippen molar-refractivity contribution in [3.8, 4) is 5.75 Å². The van der Waals surface area contributed by atoms with E-state index in [1.807, 2.05) is 0 Å². The van der Waals surface area contributed by atoms with Crippen LogP contribution in [0, 0.1) is 0 Å². The lowest BCUT2D eigenvalue weighted by atomic mass is 10.3. The molecule has 0 unspecified atom stereocenters. The van der Waals surface area contributed by atoms with E-state index in [0.717, 1.165) is 0 Å². The molecule has 0 aliphatic carbocycles. The van der Waals surface area contributed by atoms with Gasteiger partial charge >= 0.3 is 6.30 Å². The van der Waals surface area contributed by atoms with Crippen molar-refractivity contribution in [2.24, 2.45) is 0 Å². The van der Waals surface area contributed by atoms with E-state index in [1.165, 1.54) is 36.4 Å². The molecule has 0 spiro atoms. The molecule has 2 aromatic rings. The van der Waals surface area contributed by atoms with Gasteiger partial charge in [-0.1, -0.05) is 36.4 Å². The highest BCUT2D eigenvalue weighted by Gasteiger charge is 2.40. The summed E-state index contributed by atoms with van der Waals surface area (Å²) in [5.74, 6) is 0.124. The number of halogens is 3. The predicted molar refractivity (Wildman–Crippen MR) is 62.0 cm³/mol. The lowest BCUT2D eigenvalue weighted by molar-refractivity contribution is -0.169. The van der Waals surface area contributed by atoms with Gasteiger partial charge in [0.15, 0.2) is 5.75 Å². The molecule has 94 valence electrons. The quantitative estimate of drug-likeness (QED) is 0.605. The van der Waals surface area contributed by atoms with Crippen molar-refractivity contribution in [2.75, 3.05) is 5.06 Å². The minimum atomic E-state index is -4.61. The molecule has 5 heteroatoms. The predicted octanol–water partition coefficient (Wildman–Crippen LogP) is 4.01. The van der Waals surface area contributed by atoms with Gasteiger partial charge in [0.2, 0.25) is 0 Å². The largest absolute Gasteiger partial charge is 0.517 e. The first-order valence-electron chi connectivity index (χ1n) is 5.22. The van der Waals surface area contributed by atoms with Crippen molar-refractivity contribution in [3.05, 3.63) is 60.7 Å². The number of alkyl halides is 3. The Hall–Kier alpha value is -2.17. The lowest BCUT2D eigenvalue weighted by Crippen LogP contribution is -2.40. The van der Waals surface area contributed by atoms with Crippen LogP contribution in [0.2, 0.25) is 0 Å². The second-order valence-corrected chi connectivity index (χ2v) is 3.50. The smallest absolute Gasteiger partial charge is 0.372 e. The molecule has 0 radical (unpaired) electrons. The Morgan fingerprint density at radius 1 is 0.778 bits per heavy atom. The first kappa shape index (κ1) is 12.3. The molecule has 0 aliphatic heterocycles. The summed E-state index contributed by atoms with van der Waals surface area (Å²) in [4.78, 5) is 4.87. The van der Waals surface area contributed by atoms with Crippen molar-refractivity contribution < 1.29 is 18.0 Å². The molecule has 0 saturated heterocycles. The zero-order valence-corrected chi connectivity index (χ0v) is 9.26. The van der Waals surface area contributed by atoms with Crippen molar-refractivity contribution in [1.82, 2.24) is 0 Å². The summed E-state index contributed by atoms with van der Waals surface area (Å²) in [7, 11) is 0. The maximum absolute atomic E-state index is 12.9. The van der Waals surface area contributed by atoms with Crippen LogP contribution in [0.15, 0.2) is 60.7 Å². The third-order valence-corrected chi connectivity index (χ3v) is 2.16. The highest BCUT2D eigenvalue weighted by molar-refractivity contribution is 5.45. The van der Waals surface area contributed by atoms with Crippen LogP contribution in [0.1, 0.15) is 0 Å².